The second-order valence-corrected chi connectivity index (χ2v) is 8.91. The van der Waals surface area contributed by atoms with Gasteiger partial charge < -0.3 is 4.90 Å². The number of nitrogens with zero attached hydrogens (tertiary/aromatic N) is 2. The van der Waals surface area contributed by atoms with Crippen LogP contribution in [0.5, 0.6) is 0 Å². The summed E-state index contributed by atoms with van der Waals surface area (Å²) in [5.74, 6) is 0. The number of hydrogen-bond donors (Lipinski definition) is 0. The lowest BCUT2D eigenvalue weighted by Gasteiger charge is -2.35. The fraction of sp³-hybridized carbons (Fsp3) is 0.368. The highest BCUT2D eigenvalue weighted by Crippen LogP contribution is 2.26. The number of rotatable bonds is 3. The van der Waals surface area contributed by atoms with Gasteiger partial charge in [0, 0.05) is 36.9 Å². The normalized spacial score (nSPS) is 16.2. The number of sulfonamides is 1. The summed E-state index contributed by atoms with van der Waals surface area (Å²) in [5.41, 5.74) is 3.83. The fourth-order valence-corrected chi connectivity index (χ4v) is 5.00. The molecule has 1 aliphatic heterocycles. The molecule has 2 aromatic carbocycles. The number of halogens is 1. The summed E-state index contributed by atoms with van der Waals surface area (Å²) in [6, 6.07) is 11.6. The SMILES string of the molecule is Cc1ccc(C)c(S(=O)(=O)N2CCN(c3ccc(C)c(Cl)c3)CC2)c1. The van der Waals surface area contributed by atoms with Crippen LogP contribution in [0.3, 0.4) is 0 Å². The topological polar surface area (TPSA) is 40.6 Å². The van der Waals surface area contributed by atoms with Crippen LogP contribution in [-0.4, -0.2) is 38.9 Å². The minimum Gasteiger partial charge on any atom is -0.369 e. The first kappa shape index (κ1) is 18.2. The molecule has 134 valence electrons. The van der Waals surface area contributed by atoms with Crippen LogP contribution < -0.4 is 4.90 Å². The maximum absolute atomic E-state index is 13.0. The summed E-state index contributed by atoms with van der Waals surface area (Å²) in [6.45, 7) is 7.99. The second kappa shape index (κ2) is 6.98. The van der Waals surface area contributed by atoms with Gasteiger partial charge in [-0.25, -0.2) is 8.42 Å². The zero-order valence-electron chi connectivity index (χ0n) is 14.8. The maximum atomic E-state index is 13.0. The molecule has 1 fully saturated rings. The summed E-state index contributed by atoms with van der Waals surface area (Å²) in [7, 11) is -3.46. The Bertz CT molecular complexity index is 888. The summed E-state index contributed by atoms with van der Waals surface area (Å²) in [5, 5.41) is 0.739. The molecular weight excluding hydrogens is 356 g/mol. The smallest absolute Gasteiger partial charge is 0.243 e. The van der Waals surface area contributed by atoms with E-state index in [1.165, 1.54) is 0 Å². The van der Waals surface area contributed by atoms with Gasteiger partial charge in [0.2, 0.25) is 10.0 Å². The minimum absolute atomic E-state index is 0.416. The highest BCUT2D eigenvalue weighted by Gasteiger charge is 2.29. The van der Waals surface area contributed by atoms with Crippen LogP contribution in [0.1, 0.15) is 16.7 Å². The predicted molar refractivity (Wildman–Crippen MR) is 103 cm³/mol. The van der Waals surface area contributed by atoms with Crippen molar-refractivity contribution in [2.24, 2.45) is 0 Å². The predicted octanol–water partition coefficient (Wildman–Crippen LogP) is 3.78. The van der Waals surface area contributed by atoms with E-state index in [0.717, 1.165) is 27.4 Å². The fourth-order valence-electron chi connectivity index (χ4n) is 3.09. The lowest BCUT2D eigenvalue weighted by atomic mass is 10.2. The van der Waals surface area contributed by atoms with Crippen molar-refractivity contribution in [1.29, 1.82) is 0 Å². The molecule has 0 radical (unpaired) electrons. The van der Waals surface area contributed by atoms with Crippen molar-refractivity contribution in [3.8, 4) is 0 Å². The highest BCUT2D eigenvalue weighted by molar-refractivity contribution is 7.89. The van der Waals surface area contributed by atoms with Crippen LogP contribution >= 0.6 is 11.6 Å². The van der Waals surface area contributed by atoms with Gasteiger partial charge in [0.25, 0.3) is 0 Å². The quantitative estimate of drug-likeness (QED) is 0.816. The molecule has 1 heterocycles. The zero-order valence-corrected chi connectivity index (χ0v) is 16.4. The van der Waals surface area contributed by atoms with E-state index in [2.05, 4.69) is 4.90 Å². The Hall–Kier alpha value is -1.56. The third-order valence-electron chi connectivity index (χ3n) is 4.72. The van der Waals surface area contributed by atoms with Crippen LogP contribution in [0, 0.1) is 20.8 Å². The van der Waals surface area contributed by atoms with E-state index in [9.17, 15) is 8.42 Å². The highest BCUT2D eigenvalue weighted by atomic mass is 35.5. The van der Waals surface area contributed by atoms with E-state index in [4.69, 9.17) is 11.6 Å². The molecular formula is C19H23ClN2O2S. The summed E-state index contributed by atoms with van der Waals surface area (Å²) >= 11 is 6.21. The first-order valence-corrected chi connectivity index (χ1v) is 10.2. The van der Waals surface area contributed by atoms with Crippen molar-refractivity contribution < 1.29 is 8.42 Å². The molecule has 0 aliphatic carbocycles. The third-order valence-corrected chi connectivity index (χ3v) is 7.17. The largest absolute Gasteiger partial charge is 0.369 e. The molecule has 0 amide bonds. The van der Waals surface area contributed by atoms with E-state index in [0.29, 0.717) is 31.1 Å². The van der Waals surface area contributed by atoms with Crippen LogP contribution in [-0.2, 0) is 10.0 Å². The monoisotopic (exact) mass is 378 g/mol. The molecule has 0 atom stereocenters. The molecule has 1 aliphatic rings. The number of aryl methyl sites for hydroxylation is 3. The molecule has 0 unspecified atom stereocenters. The minimum atomic E-state index is -3.46. The number of benzene rings is 2. The van der Waals surface area contributed by atoms with E-state index in [-0.39, 0.29) is 0 Å². The molecule has 2 aromatic rings. The first-order chi connectivity index (χ1) is 11.8. The molecule has 6 heteroatoms. The van der Waals surface area contributed by atoms with Crippen molar-refractivity contribution in [2.75, 3.05) is 31.1 Å². The maximum Gasteiger partial charge on any atom is 0.243 e. The Labute approximate surface area is 155 Å². The van der Waals surface area contributed by atoms with Gasteiger partial charge in [0.05, 0.1) is 4.90 Å². The standard InChI is InChI=1S/C19H23ClN2O2S/c1-14-4-5-16(3)19(12-14)25(23,24)22-10-8-21(9-11-22)17-7-6-15(2)18(20)13-17/h4-7,12-13H,8-11H2,1-3H3. The molecule has 0 spiro atoms. The molecule has 0 aromatic heterocycles. The van der Waals surface area contributed by atoms with Crippen molar-refractivity contribution in [1.82, 2.24) is 4.31 Å². The van der Waals surface area contributed by atoms with Crippen LogP contribution in [0.4, 0.5) is 5.69 Å². The van der Waals surface area contributed by atoms with Crippen molar-refractivity contribution in [3.05, 3.63) is 58.1 Å². The van der Waals surface area contributed by atoms with Crippen molar-refractivity contribution in [2.45, 2.75) is 25.7 Å². The molecule has 1 saturated heterocycles. The molecule has 0 N–H and O–H groups in total. The van der Waals surface area contributed by atoms with Crippen molar-refractivity contribution >= 4 is 27.3 Å². The first-order valence-electron chi connectivity index (χ1n) is 8.37. The Balaban J connectivity index is 1.77. The zero-order chi connectivity index (χ0) is 18.2. The Morgan fingerprint density at radius 1 is 0.880 bits per heavy atom. The van der Waals surface area contributed by atoms with Gasteiger partial charge in [0.15, 0.2) is 0 Å². The van der Waals surface area contributed by atoms with E-state index in [1.807, 2.05) is 51.1 Å². The average Bonchev–Trinajstić information content (AvgIpc) is 2.59. The molecule has 3 rings (SSSR count). The lowest BCUT2D eigenvalue weighted by molar-refractivity contribution is 0.384. The lowest BCUT2D eigenvalue weighted by Crippen LogP contribution is -2.48. The van der Waals surface area contributed by atoms with Gasteiger partial charge in [0.1, 0.15) is 0 Å². The summed E-state index contributed by atoms with van der Waals surface area (Å²) < 4.78 is 27.6. The van der Waals surface area contributed by atoms with Gasteiger partial charge >= 0.3 is 0 Å². The van der Waals surface area contributed by atoms with E-state index >= 15 is 0 Å². The van der Waals surface area contributed by atoms with Crippen LogP contribution in [0.25, 0.3) is 0 Å². The van der Waals surface area contributed by atoms with E-state index < -0.39 is 10.0 Å². The molecule has 0 bridgehead atoms. The molecule has 25 heavy (non-hydrogen) atoms. The van der Waals surface area contributed by atoms with Crippen LogP contribution in [0.2, 0.25) is 5.02 Å². The Morgan fingerprint density at radius 2 is 1.52 bits per heavy atom. The number of piperazine rings is 1. The summed E-state index contributed by atoms with van der Waals surface area (Å²) in [6.07, 6.45) is 0. The van der Waals surface area contributed by atoms with Crippen molar-refractivity contribution in [3.63, 3.8) is 0 Å². The number of hydrogen-bond acceptors (Lipinski definition) is 3. The van der Waals surface area contributed by atoms with Crippen LogP contribution in [0.15, 0.2) is 41.3 Å². The molecule has 4 nitrogen and oxygen atoms in total. The number of anilines is 1. The van der Waals surface area contributed by atoms with Gasteiger partial charge in [-0.1, -0.05) is 29.8 Å². The Kier molecular flexibility index (Phi) is 5.09. The van der Waals surface area contributed by atoms with Gasteiger partial charge in [-0.2, -0.15) is 4.31 Å². The summed E-state index contributed by atoms with van der Waals surface area (Å²) in [4.78, 5) is 2.60. The second-order valence-electron chi connectivity index (χ2n) is 6.59. The van der Waals surface area contributed by atoms with Gasteiger partial charge in [-0.15, -0.1) is 0 Å². The Morgan fingerprint density at radius 3 is 2.16 bits per heavy atom. The van der Waals surface area contributed by atoms with E-state index in [1.54, 1.807) is 10.4 Å². The molecule has 0 saturated carbocycles. The van der Waals surface area contributed by atoms with Gasteiger partial charge in [-0.3, -0.25) is 0 Å². The third kappa shape index (κ3) is 3.68. The average molecular weight is 379 g/mol. The van der Waals surface area contributed by atoms with Gasteiger partial charge in [-0.05, 0) is 55.7 Å².